The van der Waals surface area contributed by atoms with Crippen molar-refractivity contribution in [3.8, 4) is 0 Å². The third-order valence-corrected chi connectivity index (χ3v) is 5.06. The summed E-state index contributed by atoms with van der Waals surface area (Å²) in [7, 11) is 0. The molecule has 2 aliphatic carbocycles. The Kier molecular flexibility index (Phi) is 6.15. The SMILES string of the molecule is CCCNCC1(OC2CCC2)CCC(CCC)CC1. The average molecular weight is 267 g/mol. The Morgan fingerprint density at radius 1 is 1.05 bits per heavy atom. The van der Waals surface area contributed by atoms with E-state index in [1.807, 2.05) is 0 Å². The summed E-state index contributed by atoms with van der Waals surface area (Å²) in [5.74, 6) is 0.967. The Morgan fingerprint density at radius 3 is 2.32 bits per heavy atom. The number of rotatable bonds is 8. The number of hydrogen-bond acceptors (Lipinski definition) is 2. The van der Waals surface area contributed by atoms with Gasteiger partial charge in [-0.05, 0) is 63.8 Å². The molecule has 0 amide bonds. The van der Waals surface area contributed by atoms with E-state index >= 15 is 0 Å². The van der Waals surface area contributed by atoms with E-state index < -0.39 is 0 Å². The van der Waals surface area contributed by atoms with Crippen LogP contribution in [0.2, 0.25) is 0 Å². The average Bonchev–Trinajstić information content (AvgIpc) is 2.38. The summed E-state index contributed by atoms with van der Waals surface area (Å²) < 4.78 is 6.53. The molecule has 2 aliphatic rings. The van der Waals surface area contributed by atoms with Gasteiger partial charge in [-0.3, -0.25) is 0 Å². The van der Waals surface area contributed by atoms with Crippen LogP contribution in [0.3, 0.4) is 0 Å². The summed E-state index contributed by atoms with van der Waals surface area (Å²) in [6.07, 6.45) is 13.9. The highest BCUT2D eigenvalue weighted by Crippen LogP contribution is 2.39. The second-order valence-electron chi connectivity index (χ2n) is 6.76. The highest BCUT2D eigenvalue weighted by Gasteiger charge is 2.38. The lowest BCUT2D eigenvalue weighted by Crippen LogP contribution is -2.49. The summed E-state index contributed by atoms with van der Waals surface area (Å²) in [5.41, 5.74) is 0.171. The zero-order valence-electron chi connectivity index (χ0n) is 13.0. The van der Waals surface area contributed by atoms with Crippen molar-refractivity contribution in [3.05, 3.63) is 0 Å². The molecule has 0 unspecified atom stereocenters. The Hall–Kier alpha value is -0.0800. The topological polar surface area (TPSA) is 21.3 Å². The highest BCUT2D eigenvalue weighted by atomic mass is 16.5. The first-order chi connectivity index (χ1) is 9.28. The smallest absolute Gasteiger partial charge is 0.0810 e. The van der Waals surface area contributed by atoms with E-state index in [1.165, 1.54) is 64.2 Å². The second-order valence-corrected chi connectivity index (χ2v) is 6.76. The van der Waals surface area contributed by atoms with E-state index in [0.717, 1.165) is 19.0 Å². The molecule has 2 fully saturated rings. The van der Waals surface area contributed by atoms with Gasteiger partial charge in [0.05, 0.1) is 11.7 Å². The lowest BCUT2D eigenvalue weighted by molar-refractivity contribution is -0.141. The normalized spacial score (nSPS) is 32.2. The lowest BCUT2D eigenvalue weighted by atomic mass is 9.76. The number of ether oxygens (including phenoxy) is 1. The standard InChI is InChI=1S/C17H33NO/c1-3-6-15-9-11-17(12-10-15,14-18-13-4-2)19-16-7-5-8-16/h15-16,18H,3-14H2,1-2H3. The molecule has 0 radical (unpaired) electrons. The van der Waals surface area contributed by atoms with Crippen LogP contribution in [0.25, 0.3) is 0 Å². The van der Waals surface area contributed by atoms with Gasteiger partial charge in [0.15, 0.2) is 0 Å². The van der Waals surface area contributed by atoms with Gasteiger partial charge in [-0.1, -0.05) is 26.7 Å². The first kappa shape index (κ1) is 15.3. The molecule has 0 aliphatic heterocycles. The molecule has 0 heterocycles. The number of nitrogens with one attached hydrogen (secondary N) is 1. The summed E-state index contributed by atoms with van der Waals surface area (Å²) >= 11 is 0. The Labute approximate surface area is 119 Å². The van der Waals surface area contributed by atoms with Gasteiger partial charge < -0.3 is 10.1 Å². The molecule has 2 nitrogen and oxygen atoms in total. The zero-order chi connectivity index (χ0) is 13.6. The molecule has 2 saturated carbocycles. The van der Waals surface area contributed by atoms with Crippen molar-refractivity contribution in [2.45, 2.75) is 89.8 Å². The molecule has 0 atom stereocenters. The van der Waals surface area contributed by atoms with Crippen molar-refractivity contribution in [2.24, 2.45) is 5.92 Å². The van der Waals surface area contributed by atoms with Crippen LogP contribution in [-0.2, 0) is 4.74 Å². The first-order valence-corrected chi connectivity index (χ1v) is 8.66. The van der Waals surface area contributed by atoms with Crippen molar-refractivity contribution in [2.75, 3.05) is 13.1 Å². The Bertz CT molecular complexity index is 242. The van der Waals surface area contributed by atoms with E-state index in [9.17, 15) is 0 Å². The summed E-state index contributed by atoms with van der Waals surface area (Å²) in [5, 5.41) is 3.62. The number of hydrogen-bond donors (Lipinski definition) is 1. The van der Waals surface area contributed by atoms with Crippen molar-refractivity contribution in [1.29, 1.82) is 0 Å². The summed E-state index contributed by atoms with van der Waals surface area (Å²) in [6, 6.07) is 0. The van der Waals surface area contributed by atoms with Crippen LogP contribution in [-0.4, -0.2) is 24.8 Å². The second kappa shape index (κ2) is 7.64. The maximum absolute atomic E-state index is 6.53. The van der Waals surface area contributed by atoms with Crippen LogP contribution in [0.15, 0.2) is 0 Å². The van der Waals surface area contributed by atoms with E-state index in [2.05, 4.69) is 19.2 Å². The third-order valence-electron chi connectivity index (χ3n) is 5.06. The molecule has 0 aromatic rings. The molecule has 0 saturated heterocycles. The molecule has 2 rings (SSSR count). The highest BCUT2D eigenvalue weighted by molar-refractivity contribution is 4.91. The fourth-order valence-corrected chi connectivity index (χ4v) is 3.57. The van der Waals surface area contributed by atoms with Crippen molar-refractivity contribution in [1.82, 2.24) is 5.32 Å². The van der Waals surface area contributed by atoms with Crippen LogP contribution >= 0.6 is 0 Å². The minimum absolute atomic E-state index is 0.171. The van der Waals surface area contributed by atoms with Gasteiger partial charge in [0.2, 0.25) is 0 Å². The Balaban J connectivity index is 1.83. The van der Waals surface area contributed by atoms with Gasteiger partial charge in [-0.15, -0.1) is 0 Å². The lowest BCUT2D eigenvalue weighted by Gasteiger charge is -2.44. The first-order valence-electron chi connectivity index (χ1n) is 8.66. The van der Waals surface area contributed by atoms with Crippen LogP contribution in [0.1, 0.15) is 78.1 Å². The molecular formula is C17H33NO. The fraction of sp³-hybridized carbons (Fsp3) is 1.00. The van der Waals surface area contributed by atoms with Gasteiger partial charge in [0, 0.05) is 6.54 Å². The molecule has 1 N–H and O–H groups in total. The summed E-state index contributed by atoms with van der Waals surface area (Å²) in [4.78, 5) is 0. The van der Waals surface area contributed by atoms with E-state index in [-0.39, 0.29) is 5.60 Å². The summed E-state index contributed by atoms with van der Waals surface area (Å²) in [6.45, 7) is 6.77. The maximum Gasteiger partial charge on any atom is 0.0810 e. The van der Waals surface area contributed by atoms with Crippen molar-refractivity contribution in [3.63, 3.8) is 0 Å². The molecular weight excluding hydrogens is 234 g/mol. The molecule has 112 valence electrons. The van der Waals surface area contributed by atoms with E-state index in [0.29, 0.717) is 6.10 Å². The Morgan fingerprint density at radius 2 is 1.79 bits per heavy atom. The van der Waals surface area contributed by atoms with Crippen LogP contribution < -0.4 is 5.32 Å². The predicted octanol–water partition coefficient (Wildman–Crippen LogP) is 4.28. The van der Waals surface area contributed by atoms with Gasteiger partial charge in [0.1, 0.15) is 0 Å². The molecule has 0 aromatic heterocycles. The maximum atomic E-state index is 6.53. The molecule has 0 spiro atoms. The monoisotopic (exact) mass is 267 g/mol. The van der Waals surface area contributed by atoms with Crippen molar-refractivity contribution >= 4 is 0 Å². The zero-order valence-corrected chi connectivity index (χ0v) is 13.0. The minimum atomic E-state index is 0.171. The van der Waals surface area contributed by atoms with Crippen LogP contribution in [0.5, 0.6) is 0 Å². The van der Waals surface area contributed by atoms with Gasteiger partial charge >= 0.3 is 0 Å². The van der Waals surface area contributed by atoms with E-state index in [1.54, 1.807) is 0 Å². The molecule has 0 bridgehead atoms. The largest absolute Gasteiger partial charge is 0.370 e. The molecule has 0 aromatic carbocycles. The van der Waals surface area contributed by atoms with Crippen LogP contribution in [0.4, 0.5) is 0 Å². The van der Waals surface area contributed by atoms with Gasteiger partial charge in [-0.2, -0.15) is 0 Å². The molecule has 2 heteroatoms. The quantitative estimate of drug-likeness (QED) is 0.663. The van der Waals surface area contributed by atoms with Crippen LogP contribution in [0, 0.1) is 5.92 Å². The van der Waals surface area contributed by atoms with Crippen molar-refractivity contribution < 1.29 is 4.74 Å². The van der Waals surface area contributed by atoms with Gasteiger partial charge in [-0.25, -0.2) is 0 Å². The fourth-order valence-electron chi connectivity index (χ4n) is 3.57. The third kappa shape index (κ3) is 4.46. The van der Waals surface area contributed by atoms with Gasteiger partial charge in [0.25, 0.3) is 0 Å². The molecule has 19 heavy (non-hydrogen) atoms. The van der Waals surface area contributed by atoms with E-state index in [4.69, 9.17) is 4.74 Å². The predicted molar refractivity (Wildman–Crippen MR) is 81.5 cm³/mol. The minimum Gasteiger partial charge on any atom is -0.370 e.